The van der Waals surface area contributed by atoms with Gasteiger partial charge in [0.1, 0.15) is 0 Å². The van der Waals surface area contributed by atoms with Crippen molar-refractivity contribution >= 4 is 7.12 Å². The Balaban J connectivity index is 2.92. The van der Waals surface area contributed by atoms with Crippen LogP contribution in [-0.4, -0.2) is 18.3 Å². The molecule has 0 aromatic heterocycles. The number of hydrogen-bond acceptors (Lipinski definition) is 2. The van der Waals surface area contributed by atoms with Gasteiger partial charge in [-0.05, 0) is 53.4 Å². The molecule has 0 unspecified atom stereocenters. The molecule has 1 rings (SSSR count). The third kappa shape index (κ3) is 2.29. The molecule has 0 radical (unpaired) electrons. The predicted molar refractivity (Wildman–Crippen MR) is 64.7 cm³/mol. The van der Waals surface area contributed by atoms with Gasteiger partial charge in [-0.15, -0.1) is 0 Å². The van der Waals surface area contributed by atoms with E-state index in [1.807, 2.05) is 0 Å². The molecule has 2 nitrogen and oxygen atoms in total. The lowest BCUT2D eigenvalue weighted by molar-refractivity contribution is 0.00578. The summed E-state index contributed by atoms with van der Waals surface area (Å²) in [4.78, 5) is 0. The van der Waals surface area contributed by atoms with Crippen LogP contribution in [0.2, 0.25) is 0 Å². The van der Waals surface area contributed by atoms with Crippen molar-refractivity contribution in [2.24, 2.45) is 0 Å². The first-order valence-corrected chi connectivity index (χ1v) is 5.73. The van der Waals surface area contributed by atoms with Crippen molar-refractivity contribution in [1.29, 1.82) is 0 Å². The number of rotatable bonds is 2. The van der Waals surface area contributed by atoms with E-state index < -0.39 is 0 Å². The van der Waals surface area contributed by atoms with E-state index in [1.165, 1.54) is 11.0 Å². The number of hydrogen-bond donors (Lipinski definition) is 0. The van der Waals surface area contributed by atoms with Crippen LogP contribution in [0.25, 0.3) is 0 Å². The normalized spacial score (nSPS) is 23.0. The maximum atomic E-state index is 6.00. The second-order valence-corrected chi connectivity index (χ2v) is 5.47. The van der Waals surface area contributed by atoms with Crippen molar-refractivity contribution < 1.29 is 9.31 Å². The molecule has 15 heavy (non-hydrogen) atoms. The highest BCUT2D eigenvalue weighted by molar-refractivity contribution is 6.54. The van der Waals surface area contributed by atoms with E-state index in [-0.39, 0.29) is 18.3 Å². The summed E-state index contributed by atoms with van der Waals surface area (Å²) < 4.78 is 12.0. The molecule has 0 aromatic carbocycles. The molecule has 0 N–H and O–H groups in total. The molecule has 86 valence electrons. The monoisotopic (exact) mass is 210 g/mol. The number of allylic oxidation sites excluding steroid dienone is 2. The summed E-state index contributed by atoms with van der Waals surface area (Å²) in [7, 11) is -0.162. The first-order chi connectivity index (χ1) is 6.71. The molecule has 0 bridgehead atoms. The molecule has 0 saturated carbocycles. The fourth-order valence-corrected chi connectivity index (χ4v) is 1.74. The molecule has 1 heterocycles. The minimum Gasteiger partial charge on any atom is -0.400 e. The summed E-state index contributed by atoms with van der Waals surface area (Å²) in [6.45, 7) is 14.7. The molecule has 0 aromatic rings. The summed E-state index contributed by atoms with van der Waals surface area (Å²) in [5.41, 5.74) is 2.12. The Morgan fingerprint density at radius 3 is 1.67 bits per heavy atom. The van der Waals surface area contributed by atoms with Gasteiger partial charge in [-0.25, -0.2) is 0 Å². The summed E-state index contributed by atoms with van der Waals surface area (Å²) in [6, 6.07) is 0. The third-order valence-corrected chi connectivity index (χ3v) is 3.56. The van der Waals surface area contributed by atoms with Crippen LogP contribution < -0.4 is 0 Å². The van der Waals surface area contributed by atoms with Crippen molar-refractivity contribution in [2.75, 3.05) is 0 Å². The van der Waals surface area contributed by atoms with E-state index in [0.29, 0.717) is 0 Å². The molecule has 0 atom stereocenters. The fraction of sp³-hybridized carbons (Fsp3) is 0.833. The third-order valence-electron chi connectivity index (χ3n) is 3.56. The Bertz CT molecular complexity index is 259. The highest BCUT2D eigenvalue weighted by atomic mass is 16.7. The molecule has 0 aliphatic carbocycles. The lowest BCUT2D eigenvalue weighted by Gasteiger charge is -2.32. The van der Waals surface area contributed by atoms with Crippen LogP contribution in [0.3, 0.4) is 0 Å². The zero-order valence-corrected chi connectivity index (χ0v) is 11.1. The maximum absolute atomic E-state index is 6.00. The summed E-state index contributed by atoms with van der Waals surface area (Å²) in [5.74, 6) is 0. The Morgan fingerprint density at radius 1 is 1.00 bits per heavy atom. The summed E-state index contributed by atoms with van der Waals surface area (Å²) >= 11 is 0. The van der Waals surface area contributed by atoms with Gasteiger partial charge in [0, 0.05) is 0 Å². The second-order valence-electron chi connectivity index (χ2n) is 5.47. The van der Waals surface area contributed by atoms with Crippen LogP contribution in [0, 0.1) is 0 Å². The molecule has 1 fully saturated rings. The molecule has 1 saturated heterocycles. The molecule has 0 spiro atoms. The van der Waals surface area contributed by atoms with Gasteiger partial charge in [0.25, 0.3) is 0 Å². The van der Waals surface area contributed by atoms with Gasteiger partial charge in [0.05, 0.1) is 11.2 Å². The standard InChI is InChI=1S/C12H23BO2/c1-8-10(9(2)3)13-14-11(4,5)12(6,7)15-13/h8H2,1-7H3. The quantitative estimate of drug-likeness (QED) is 0.650. The minimum absolute atomic E-state index is 0.162. The van der Waals surface area contributed by atoms with E-state index in [0.717, 1.165) is 6.42 Å². The summed E-state index contributed by atoms with van der Waals surface area (Å²) in [5, 5.41) is 0. The Kier molecular flexibility index (Phi) is 3.37. The average Bonchev–Trinajstić information content (AvgIpc) is 2.21. The van der Waals surface area contributed by atoms with Crippen LogP contribution in [0.15, 0.2) is 11.0 Å². The average molecular weight is 210 g/mol. The van der Waals surface area contributed by atoms with Crippen LogP contribution in [0.4, 0.5) is 0 Å². The van der Waals surface area contributed by atoms with Crippen LogP contribution in [0.1, 0.15) is 54.9 Å². The first kappa shape index (κ1) is 12.8. The zero-order chi connectivity index (χ0) is 11.9. The van der Waals surface area contributed by atoms with Gasteiger partial charge in [-0.2, -0.15) is 0 Å². The lowest BCUT2D eigenvalue weighted by atomic mass is 9.74. The molecule has 3 heteroatoms. The molecule has 0 amide bonds. The predicted octanol–water partition coefficient (Wildman–Crippen LogP) is 3.36. The van der Waals surface area contributed by atoms with Gasteiger partial charge >= 0.3 is 7.12 Å². The Labute approximate surface area is 94.2 Å². The zero-order valence-electron chi connectivity index (χ0n) is 11.1. The van der Waals surface area contributed by atoms with E-state index >= 15 is 0 Å². The Morgan fingerprint density at radius 2 is 1.40 bits per heavy atom. The first-order valence-electron chi connectivity index (χ1n) is 5.73. The second kappa shape index (κ2) is 3.95. The van der Waals surface area contributed by atoms with Gasteiger partial charge in [0.2, 0.25) is 0 Å². The Hall–Kier alpha value is -0.275. The largest absolute Gasteiger partial charge is 0.490 e. The van der Waals surface area contributed by atoms with Gasteiger partial charge < -0.3 is 9.31 Å². The van der Waals surface area contributed by atoms with E-state index in [4.69, 9.17) is 9.31 Å². The SMILES string of the molecule is CCC(B1OC(C)(C)C(C)(C)O1)=C(C)C. The van der Waals surface area contributed by atoms with Gasteiger partial charge in [-0.1, -0.05) is 12.5 Å². The van der Waals surface area contributed by atoms with E-state index in [9.17, 15) is 0 Å². The lowest BCUT2D eigenvalue weighted by Crippen LogP contribution is -2.41. The van der Waals surface area contributed by atoms with E-state index in [1.54, 1.807) is 0 Å². The molecule has 1 aliphatic rings. The van der Waals surface area contributed by atoms with Crippen molar-refractivity contribution in [3.63, 3.8) is 0 Å². The summed E-state index contributed by atoms with van der Waals surface area (Å²) in [6.07, 6.45) is 0.985. The molecular formula is C12H23BO2. The van der Waals surface area contributed by atoms with E-state index in [2.05, 4.69) is 48.5 Å². The molecular weight excluding hydrogens is 187 g/mol. The minimum atomic E-state index is -0.229. The maximum Gasteiger partial charge on any atom is 0.490 e. The van der Waals surface area contributed by atoms with Crippen molar-refractivity contribution in [3.8, 4) is 0 Å². The highest BCUT2D eigenvalue weighted by Gasteiger charge is 2.52. The van der Waals surface area contributed by atoms with Crippen molar-refractivity contribution in [2.45, 2.75) is 66.1 Å². The van der Waals surface area contributed by atoms with Crippen LogP contribution in [0.5, 0.6) is 0 Å². The molecule has 1 aliphatic heterocycles. The van der Waals surface area contributed by atoms with Crippen LogP contribution >= 0.6 is 0 Å². The van der Waals surface area contributed by atoms with Gasteiger partial charge in [0.15, 0.2) is 0 Å². The smallest absolute Gasteiger partial charge is 0.400 e. The van der Waals surface area contributed by atoms with Crippen molar-refractivity contribution in [3.05, 3.63) is 11.0 Å². The van der Waals surface area contributed by atoms with Crippen molar-refractivity contribution in [1.82, 2.24) is 0 Å². The highest BCUT2D eigenvalue weighted by Crippen LogP contribution is 2.39. The topological polar surface area (TPSA) is 18.5 Å². The van der Waals surface area contributed by atoms with Gasteiger partial charge in [-0.3, -0.25) is 0 Å². The van der Waals surface area contributed by atoms with Crippen LogP contribution in [-0.2, 0) is 9.31 Å². The fourth-order valence-electron chi connectivity index (χ4n) is 1.74.